The van der Waals surface area contributed by atoms with Gasteiger partial charge in [-0.3, -0.25) is 4.90 Å². The van der Waals surface area contributed by atoms with Gasteiger partial charge in [-0.25, -0.2) is 0 Å². The first kappa shape index (κ1) is 13.0. The minimum atomic E-state index is 0.610. The fraction of sp³-hybridized carbons (Fsp3) is 0.692. The zero-order valence-electron chi connectivity index (χ0n) is 11.1. The van der Waals surface area contributed by atoms with Gasteiger partial charge >= 0.3 is 0 Å². The smallest absolute Gasteiger partial charge is 0.0328 e. The van der Waals surface area contributed by atoms with E-state index in [-0.39, 0.29) is 0 Å². The van der Waals surface area contributed by atoms with Gasteiger partial charge in [-0.05, 0) is 38.0 Å². The zero-order valence-corrected chi connectivity index (χ0v) is 11.9. The van der Waals surface area contributed by atoms with Crippen LogP contribution in [0.15, 0.2) is 11.4 Å². The van der Waals surface area contributed by atoms with Gasteiger partial charge in [-0.1, -0.05) is 0 Å². The molecule has 1 N–H and O–H groups in total. The second kappa shape index (κ2) is 5.96. The van der Waals surface area contributed by atoms with Crippen molar-refractivity contribution in [3.63, 3.8) is 0 Å². The molecule has 0 amide bonds. The van der Waals surface area contributed by atoms with E-state index in [0.717, 1.165) is 26.2 Å². The molecule has 0 radical (unpaired) electrons. The number of hydrogen-bond donors (Lipinski definition) is 1. The van der Waals surface area contributed by atoms with Crippen LogP contribution in [-0.4, -0.2) is 56.1 Å². The van der Waals surface area contributed by atoms with Crippen molar-refractivity contribution in [1.29, 1.82) is 0 Å². The third-order valence-electron chi connectivity index (χ3n) is 3.37. The standard InChI is InChI=1S/C13H23N3S/c1-11-4-7-17-13(11)10-16(3)9-12-8-15(2)6-5-14-12/h4,7,12,14H,5-6,8-10H2,1-3H3. The van der Waals surface area contributed by atoms with Gasteiger partial charge in [0.2, 0.25) is 0 Å². The molecule has 1 aliphatic rings. The molecule has 1 fully saturated rings. The fourth-order valence-electron chi connectivity index (χ4n) is 2.37. The Bertz CT molecular complexity index is 350. The van der Waals surface area contributed by atoms with E-state index in [2.05, 4.69) is 47.6 Å². The van der Waals surface area contributed by atoms with E-state index in [1.807, 2.05) is 11.3 Å². The molecular formula is C13H23N3S. The lowest BCUT2D eigenvalue weighted by Crippen LogP contribution is -2.53. The van der Waals surface area contributed by atoms with Crippen LogP contribution in [0.3, 0.4) is 0 Å². The van der Waals surface area contributed by atoms with E-state index in [0.29, 0.717) is 6.04 Å². The average Bonchev–Trinajstić information content (AvgIpc) is 2.64. The first-order valence-corrected chi connectivity index (χ1v) is 7.16. The Balaban J connectivity index is 1.80. The number of piperazine rings is 1. The van der Waals surface area contributed by atoms with Gasteiger partial charge in [-0.15, -0.1) is 11.3 Å². The Morgan fingerprint density at radius 2 is 2.41 bits per heavy atom. The molecule has 1 aromatic rings. The van der Waals surface area contributed by atoms with E-state index in [9.17, 15) is 0 Å². The molecular weight excluding hydrogens is 230 g/mol. The Morgan fingerprint density at radius 3 is 3.06 bits per heavy atom. The molecule has 3 nitrogen and oxygen atoms in total. The highest BCUT2D eigenvalue weighted by Crippen LogP contribution is 2.17. The third-order valence-corrected chi connectivity index (χ3v) is 4.38. The third kappa shape index (κ3) is 3.78. The number of thiophene rings is 1. The average molecular weight is 253 g/mol. The van der Waals surface area contributed by atoms with Gasteiger partial charge in [-0.2, -0.15) is 0 Å². The number of nitrogens with zero attached hydrogens (tertiary/aromatic N) is 2. The summed E-state index contributed by atoms with van der Waals surface area (Å²) in [5.41, 5.74) is 1.43. The van der Waals surface area contributed by atoms with Crippen molar-refractivity contribution in [2.45, 2.75) is 19.5 Å². The highest BCUT2D eigenvalue weighted by atomic mass is 32.1. The van der Waals surface area contributed by atoms with Gasteiger partial charge in [0.25, 0.3) is 0 Å². The van der Waals surface area contributed by atoms with E-state index in [4.69, 9.17) is 0 Å². The molecule has 96 valence electrons. The number of nitrogens with one attached hydrogen (secondary N) is 1. The maximum Gasteiger partial charge on any atom is 0.0328 e. The van der Waals surface area contributed by atoms with Gasteiger partial charge in [0.15, 0.2) is 0 Å². The highest BCUT2D eigenvalue weighted by molar-refractivity contribution is 7.10. The second-order valence-corrected chi connectivity index (χ2v) is 6.14. The van der Waals surface area contributed by atoms with E-state index >= 15 is 0 Å². The van der Waals surface area contributed by atoms with Gasteiger partial charge in [0, 0.05) is 43.6 Å². The molecule has 0 spiro atoms. The van der Waals surface area contributed by atoms with E-state index in [1.165, 1.54) is 17.0 Å². The van der Waals surface area contributed by atoms with Crippen LogP contribution in [-0.2, 0) is 6.54 Å². The summed E-state index contributed by atoms with van der Waals surface area (Å²) >= 11 is 1.87. The first-order valence-electron chi connectivity index (χ1n) is 6.28. The summed E-state index contributed by atoms with van der Waals surface area (Å²) in [5.74, 6) is 0. The largest absolute Gasteiger partial charge is 0.310 e. The number of hydrogen-bond acceptors (Lipinski definition) is 4. The van der Waals surface area contributed by atoms with Crippen molar-refractivity contribution in [3.05, 3.63) is 21.9 Å². The number of rotatable bonds is 4. The summed E-state index contributed by atoms with van der Waals surface area (Å²) in [7, 11) is 4.42. The van der Waals surface area contributed by atoms with Crippen molar-refractivity contribution in [1.82, 2.24) is 15.1 Å². The van der Waals surface area contributed by atoms with Crippen LogP contribution in [0.25, 0.3) is 0 Å². The maximum atomic E-state index is 3.59. The Morgan fingerprint density at radius 1 is 1.59 bits per heavy atom. The molecule has 1 aliphatic heterocycles. The highest BCUT2D eigenvalue weighted by Gasteiger charge is 2.18. The van der Waals surface area contributed by atoms with Crippen molar-refractivity contribution < 1.29 is 0 Å². The van der Waals surface area contributed by atoms with Crippen molar-refractivity contribution in [2.24, 2.45) is 0 Å². The molecule has 1 saturated heterocycles. The summed E-state index contributed by atoms with van der Waals surface area (Å²) in [4.78, 5) is 6.33. The molecule has 17 heavy (non-hydrogen) atoms. The van der Waals surface area contributed by atoms with Crippen molar-refractivity contribution in [3.8, 4) is 0 Å². The van der Waals surface area contributed by atoms with Crippen LogP contribution in [0.2, 0.25) is 0 Å². The Labute approximate surface area is 108 Å². The van der Waals surface area contributed by atoms with Gasteiger partial charge < -0.3 is 10.2 Å². The first-order chi connectivity index (χ1) is 8.15. The van der Waals surface area contributed by atoms with Gasteiger partial charge in [0.1, 0.15) is 0 Å². The molecule has 2 heterocycles. The predicted octanol–water partition coefficient (Wildman–Crippen LogP) is 1.39. The van der Waals surface area contributed by atoms with E-state index in [1.54, 1.807) is 0 Å². The minimum Gasteiger partial charge on any atom is -0.310 e. The monoisotopic (exact) mass is 253 g/mol. The van der Waals surface area contributed by atoms with Crippen LogP contribution in [0.5, 0.6) is 0 Å². The minimum absolute atomic E-state index is 0.610. The lowest BCUT2D eigenvalue weighted by molar-refractivity contribution is 0.193. The van der Waals surface area contributed by atoms with Crippen LogP contribution in [0.1, 0.15) is 10.4 Å². The molecule has 0 bridgehead atoms. The zero-order chi connectivity index (χ0) is 12.3. The van der Waals surface area contributed by atoms with Crippen LogP contribution in [0.4, 0.5) is 0 Å². The van der Waals surface area contributed by atoms with Crippen LogP contribution in [0, 0.1) is 6.92 Å². The van der Waals surface area contributed by atoms with Crippen LogP contribution >= 0.6 is 11.3 Å². The second-order valence-electron chi connectivity index (χ2n) is 5.14. The molecule has 2 rings (SSSR count). The predicted molar refractivity (Wildman–Crippen MR) is 74.7 cm³/mol. The molecule has 1 aromatic heterocycles. The summed E-state index contributed by atoms with van der Waals surface area (Å²) in [6.07, 6.45) is 0. The molecule has 0 aromatic carbocycles. The molecule has 1 unspecified atom stereocenters. The fourth-order valence-corrected chi connectivity index (χ4v) is 3.35. The normalized spacial score (nSPS) is 22.2. The molecule has 1 atom stereocenters. The van der Waals surface area contributed by atoms with Gasteiger partial charge in [0.05, 0.1) is 0 Å². The summed E-state index contributed by atoms with van der Waals surface area (Å²) in [5, 5.41) is 5.78. The van der Waals surface area contributed by atoms with Crippen molar-refractivity contribution in [2.75, 3.05) is 40.3 Å². The lowest BCUT2D eigenvalue weighted by atomic mass is 10.2. The van der Waals surface area contributed by atoms with E-state index < -0.39 is 0 Å². The summed E-state index contributed by atoms with van der Waals surface area (Å²) < 4.78 is 0. The summed E-state index contributed by atoms with van der Waals surface area (Å²) in [6, 6.07) is 2.82. The molecule has 0 aliphatic carbocycles. The van der Waals surface area contributed by atoms with Crippen molar-refractivity contribution >= 4 is 11.3 Å². The Hall–Kier alpha value is -0.420. The molecule has 4 heteroatoms. The topological polar surface area (TPSA) is 18.5 Å². The number of aryl methyl sites for hydroxylation is 1. The summed E-state index contributed by atoms with van der Waals surface area (Å²) in [6.45, 7) is 7.85. The number of likely N-dealkylation sites (N-methyl/N-ethyl adjacent to an activating group) is 2. The Kier molecular flexibility index (Phi) is 4.56. The maximum absolute atomic E-state index is 3.59. The molecule has 0 saturated carbocycles. The lowest BCUT2D eigenvalue weighted by Gasteiger charge is -2.33. The SMILES string of the molecule is Cc1ccsc1CN(C)CC1CN(C)CCN1. The quantitative estimate of drug-likeness (QED) is 0.875. The van der Waals surface area contributed by atoms with Crippen LogP contribution < -0.4 is 5.32 Å².